The van der Waals surface area contributed by atoms with Gasteiger partial charge in [0, 0.05) is 19.6 Å². The van der Waals surface area contributed by atoms with E-state index in [1.807, 2.05) is 4.90 Å². The zero-order valence-corrected chi connectivity index (χ0v) is 13.5. The normalized spacial score (nSPS) is 23.6. The zero-order valence-electron chi connectivity index (χ0n) is 12.6. The number of rotatable bonds is 3. The van der Waals surface area contributed by atoms with Gasteiger partial charge in [-0.2, -0.15) is 4.31 Å². The maximum absolute atomic E-state index is 12.8. The number of likely N-dealkylation sites (tertiary alicyclic amines) is 1. The van der Waals surface area contributed by atoms with Crippen LogP contribution in [-0.2, 0) is 14.8 Å². The van der Waals surface area contributed by atoms with Gasteiger partial charge in [-0.05, 0) is 44.2 Å². The summed E-state index contributed by atoms with van der Waals surface area (Å²) in [7, 11) is -3.59. The first-order chi connectivity index (χ1) is 10.6. The summed E-state index contributed by atoms with van der Waals surface area (Å²) >= 11 is 0. The quantitative estimate of drug-likeness (QED) is 0.853. The Morgan fingerprint density at radius 1 is 0.955 bits per heavy atom. The van der Waals surface area contributed by atoms with Crippen LogP contribution < -0.4 is 0 Å². The van der Waals surface area contributed by atoms with Crippen LogP contribution in [0, 0.1) is 0 Å². The number of benzene rings is 1. The molecule has 1 aromatic carbocycles. The van der Waals surface area contributed by atoms with Crippen molar-refractivity contribution >= 4 is 15.9 Å². The van der Waals surface area contributed by atoms with Crippen molar-refractivity contribution in [2.45, 2.75) is 43.0 Å². The third-order valence-corrected chi connectivity index (χ3v) is 6.43. The molecule has 1 atom stereocenters. The van der Waals surface area contributed by atoms with Gasteiger partial charge in [0.25, 0.3) is 0 Å². The molecule has 0 spiro atoms. The monoisotopic (exact) mass is 322 g/mol. The van der Waals surface area contributed by atoms with Crippen molar-refractivity contribution in [3.05, 3.63) is 30.3 Å². The minimum absolute atomic E-state index is 0.0169. The standard InChI is InChI=1S/C16H22N2O3S/c19-16(17-11-5-2-6-12-17)15-10-7-13-18(15)22(20,21)14-8-3-1-4-9-14/h1,3-4,8-9,15H,2,5-7,10-13H2/t15-/m1/s1. The molecule has 0 unspecified atom stereocenters. The third kappa shape index (κ3) is 2.90. The van der Waals surface area contributed by atoms with E-state index in [0.29, 0.717) is 13.0 Å². The molecule has 0 radical (unpaired) electrons. The van der Waals surface area contributed by atoms with Gasteiger partial charge in [0.05, 0.1) is 4.90 Å². The minimum atomic E-state index is -3.59. The minimum Gasteiger partial charge on any atom is -0.341 e. The lowest BCUT2D eigenvalue weighted by Gasteiger charge is -2.32. The molecule has 1 aromatic rings. The number of sulfonamides is 1. The van der Waals surface area contributed by atoms with E-state index in [1.165, 1.54) is 4.31 Å². The SMILES string of the molecule is O=C([C@H]1CCCN1S(=O)(=O)c1ccccc1)N1CCCCC1. The predicted octanol–water partition coefficient (Wildman–Crippen LogP) is 1.85. The van der Waals surface area contributed by atoms with Crippen LogP contribution in [0.15, 0.2) is 35.2 Å². The molecule has 0 bridgehead atoms. The average Bonchev–Trinajstić information content (AvgIpc) is 3.06. The zero-order chi connectivity index (χ0) is 15.6. The molecule has 2 aliphatic heterocycles. The van der Waals surface area contributed by atoms with E-state index in [2.05, 4.69) is 0 Å². The maximum Gasteiger partial charge on any atom is 0.243 e. The predicted molar refractivity (Wildman–Crippen MR) is 83.8 cm³/mol. The van der Waals surface area contributed by atoms with Crippen molar-refractivity contribution < 1.29 is 13.2 Å². The first kappa shape index (κ1) is 15.5. The highest BCUT2D eigenvalue weighted by molar-refractivity contribution is 7.89. The molecule has 120 valence electrons. The van der Waals surface area contributed by atoms with Gasteiger partial charge < -0.3 is 4.90 Å². The molecule has 2 heterocycles. The fourth-order valence-corrected chi connectivity index (χ4v) is 5.00. The summed E-state index contributed by atoms with van der Waals surface area (Å²) in [6.45, 7) is 1.95. The molecule has 5 nitrogen and oxygen atoms in total. The molecule has 2 fully saturated rings. The summed E-state index contributed by atoms with van der Waals surface area (Å²) in [6, 6.07) is 7.88. The highest BCUT2D eigenvalue weighted by Crippen LogP contribution is 2.27. The Morgan fingerprint density at radius 2 is 1.64 bits per heavy atom. The number of carbonyl (C=O) groups excluding carboxylic acids is 1. The van der Waals surface area contributed by atoms with Gasteiger partial charge >= 0.3 is 0 Å². The van der Waals surface area contributed by atoms with Crippen molar-refractivity contribution in [1.82, 2.24) is 9.21 Å². The summed E-state index contributed by atoms with van der Waals surface area (Å²) in [6.07, 6.45) is 4.56. The van der Waals surface area contributed by atoms with Gasteiger partial charge in [-0.3, -0.25) is 4.79 Å². The number of carbonyl (C=O) groups is 1. The number of hydrogen-bond donors (Lipinski definition) is 0. The van der Waals surface area contributed by atoms with Crippen LogP contribution in [0.25, 0.3) is 0 Å². The topological polar surface area (TPSA) is 57.7 Å². The molecule has 2 saturated heterocycles. The number of nitrogens with zero attached hydrogens (tertiary/aromatic N) is 2. The lowest BCUT2D eigenvalue weighted by molar-refractivity contribution is -0.135. The Hall–Kier alpha value is -1.40. The third-order valence-electron chi connectivity index (χ3n) is 4.51. The molecule has 0 saturated carbocycles. The first-order valence-electron chi connectivity index (χ1n) is 7.96. The smallest absolute Gasteiger partial charge is 0.243 e. The Bertz CT molecular complexity index is 624. The first-order valence-corrected chi connectivity index (χ1v) is 9.40. The Morgan fingerprint density at radius 3 is 2.32 bits per heavy atom. The largest absolute Gasteiger partial charge is 0.341 e. The second-order valence-electron chi connectivity index (χ2n) is 5.97. The van der Waals surface area contributed by atoms with Gasteiger partial charge in [0.1, 0.15) is 6.04 Å². The van der Waals surface area contributed by atoms with Gasteiger partial charge in [0.2, 0.25) is 15.9 Å². The van der Waals surface area contributed by atoms with Crippen LogP contribution in [-0.4, -0.2) is 49.2 Å². The second kappa shape index (κ2) is 6.38. The average molecular weight is 322 g/mol. The highest BCUT2D eigenvalue weighted by Gasteiger charge is 2.41. The molecule has 6 heteroatoms. The molecule has 2 aliphatic rings. The molecule has 0 aromatic heterocycles. The molecular weight excluding hydrogens is 300 g/mol. The van der Waals surface area contributed by atoms with Crippen LogP contribution in [0.3, 0.4) is 0 Å². The van der Waals surface area contributed by atoms with Gasteiger partial charge in [-0.1, -0.05) is 18.2 Å². The molecular formula is C16H22N2O3S. The van der Waals surface area contributed by atoms with Gasteiger partial charge in [-0.25, -0.2) is 8.42 Å². The molecule has 0 N–H and O–H groups in total. The fourth-order valence-electron chi connectivity index (χ4n) is 3.33. The molecule has 22 heavy (non-hydrogen) atoms. The van der Waals surface area contributed by atoms with Crippen molar-refractivity contribution in [3.8, 4) is 0 Å². The summed E-state index contributed by atoms with van der Waals surface area (Å²) < 4.78 is 27.0. The van der Waals surface area contributed by atoms with E-state index in [4.69, 9.17) is 0 Å². The Labute approximate surface area is 132 Å². The van der Waals surface area contributed by atoms with Crippen LogP contribution in [0.4, 0.5) is 0 Å². The lowest BCUT2D eigenvalue weighted by Crippen LogP contribution is -2.49. The van der Waals surface area contributed by atoms with Crippen molar-refractivity contribution in [1.29, 1.82) is 0 Å². The Balaban J connectivity index is 1.82. The van der Waals surface area contributed by atoms with E-state index in [9.17, 15) is 13.2 Å². The van der Waals surface area contributed by atoms with E-state index >= 15 is 0 Å². The summed E-state index contributed by atoms with van der Waals surface area (Å²) in [4.78, 5) is 14.8. The van der Waals surface area contributed by atoms with Crippen molar-refractivity contribution in [2.75, 3.05) is 19.6 Å². The van der Waals surface area contributed by atoms with E-state index in [0.717, 1.165) is 38.8 Å². The van der Waals surface area contributed by atoms with E-state index < -0.39 is 16.1 Å². The number of amides is 1. The fraction of sp³-hybridized carbons (Fsp3) is 0.562. The summed E-state index contributed by atoms with van der Waals surface area (Å²) in [5, 5.41) is 0. The molecule has 1 amide bonds. The summed E-state index contributed by atoms with van der Waals surface area (Å²) in [5.41, 5.74) is 0. The molecule has 0 aliphatic carbocycles. The van der Waals surface area contributed by atoms with Crippen molar-refractivity contribution in [3.63, 3.8) is 0 Å². The second-order valence-corrected chi connectivity index (χ2v) is 7.86. The summed E-state index contributed by atoms with van der Waals surface area (Å²) in [5.74, 6) is -0.0169. The van der Waals surface area contributed by atoms with E-state index in [1.54, 1.807) is 30.3 Å². The highest BCUT2D eigenvalue weighted by atomic mass is 32.2. The van der Waals surface area contributed by atoms with Crippen LogP contribution in [0.5, 0.6) is 0 Å². The molecule has 3 rings (SSSR count). The van der Waals surface area contributed by atoms with Crippen LogP contribution in [0.2, 0.25) is 0 Å². The van der Waals surface area contributed by atoms with Crippen LogP contribution in [0.1, 0.15) is 32.1 Å². The number of hydrogen-bond acceptors (Lipinski definition) is 3. The van der Waals surface area contributed by atoms with Crippen LogP contribution >= 0.6 is 0 Å². The van der Waals surface area contributed by atoms with Gasteiger partial charge in [-0.15, -0.1) is 0 Å². The number of piperidine rings is 1. The van der Waals surface area contributed by atoms with Gasteiger partial charge in [0.15, 0.2) is 0 Å². The lowest BCUT2D eigenvalue weighted by atomic mass is 10.1. The Kier molecular flexibility index (Phi) is 4.49. The van der Waals surface area contributed by atoms with E-state index in [-0.39, 0.29) is 10.8 Å². The maximum atomic E-state index is 12.8. The van der Waals surface area contributed by atoms with Crippen molar-refractivity contribution in [2.24, 2.45) is 0 Å².